The highest BCUT2D eigenvalue weighted by atomic mass is 35.5. The summed E-state index contributed by atoms with van der Waals surface area (Å²) in [5, 5.41) is 27.0. The van der Waals surface area contributed by atoms with Crippen molar-refractivity contribution < 1.29 is 27.8 Å². The Bertz CT molecular complexity index is 1310. The average molecular weight is 535 g/mol. The van der Waals surface area contributed by atoms with Crippen molar-refractivity contribution in [1.82, 2.24) is 19.9 Å². The first kappa shape index (κ1) is 25.5. The molecule has 0 unspecified atom stereocenters. The van der Waals surface area contributed by atoms with E-state index in [0.29, 0.717) is 0 Å². The molecule has 0 aliphatic carbocycles. The minimum atomic E-state index is -3.94. The van der Waals surface area contributed by atoms with Crippen molar-refractivity contribution >= 4 is 50.5 Å². The molecule has 14 heteroatoms. The Morgan fingerprint density at radius 3 is 2.48 bits per heavy atom. The van der Waals surface area contributed by atoms with E-state index in [9.17, 15) is 23.4 Å². The normalized spacial score (nSPS) is 12.5. The average Bonchev–Trinajstić information content (AvgIpc) is 3.28. The number of rotatable bonds is 8. The van der Waals surface area contributed by atoms with E-state index in [4.69, 9.17) is 27.6 Å². The highest BCUT2D eigenvalue weighted by Gasteiger charge is 2.28. The van der Waals surface area contributed by atoms with Gasteiger partial charge in [-0.2, -0.15) is 0 Å². The summed E-state index contributed by atoms with van der Waals surface area (Å²) in [7, 11) is -3.94. The Labute approximate surface area is 203 Å². The Balaban J connectivity index is 2.08. The van der Waals surface area contributed by atoms with Crippen molar-refractivity contribution in [3.8, 4) is 21.3 Å². The van der Waals surface area contributed by atoms with Crippen LogP contribution in [0.2, 0.25) is 10.0 Å². The van der Waals surface area contributed by atoms with Gasteiger partial charge in [0.15, 0.2) is 10.7 Å². The second-order valence-electron chi connectivity index (χ2n) is 8.01. The number of benzene rings is 1. The number of hydrogen-bond donors (Lipinski definition) is 3. The summed E-state index contributed by atoms with van der Waals surface area (Å²) in [6.07, 6.45) is 0.0891. The van der Waals surface area contributed by atoms with Crippen molar-refractivity contribution in [1.29, 1.82) is 0 Å². The van der Waals surface area contributed by atoms with Crippen LogP contribution in [-0.4, -0.2) is 51.4 Å². The number of carboxylic acids is 1. The molecule has 0 amide bonds. The van der Waals surface area contributed by atoms with Crippen molar-refractivity contribution in [3.05, 3.63) is 33.8 Å². The molecule has 0 fully saturated rings. The van der Waals surface area contributed by atoms with Crippen LogP contribution in [0, 0.1) is 0 Å². The first-order chi connectivity index (χ1) is 15.2. The molecule has 2 heterocycles. The summed E-state index contributed by atoms with van der Waals surface area (Å²) >= 11 is 13.5. The molecule has 3 N–H and O–H groups in total. The summed E-state index contributed by atoms with van der Waals surface area (Å²) < 4.78 is 33.0. The Kier molecular flexibility index (Phi) is 7.18. The highest BCUT2D eigenvalue weighted by molar-refractivity contribution is 7.89. The number of aromatic carboxylic acids is 1. The van der Waals surface area contributed by atoms with E-state index in [2.05, 4.69) is 19.9 Å². The van der Waals surface area contributed by atoms with Crippen LogP contribution < -0.4 is 4.72 Å². The van der Waals surface area contributed by atoms with Crippen LogP contribution in [0.4, 0.5) is 0 Å². The lowest BCUT2D eigenvalue weighted by Gasteiger charge is -2.13. The van der Waals surface area contributed by atoms with Gasteiger partial charge in [-0.15, -0.1) is 21.5 Å². The summed E-state index contributed by atoms with van der Waals surface area (Å²) in [6, 6.07) is 2.23. The third-order valence-electron chi connectivity index (χ3n) is 4.04. The number of sulfonamides is 1. The van der Waals surface area contributed by atoms with Crippen molar-refractivity contribution in [2.24, 2.45) is 0 Å². The minimum Gasteiger partial charge on any atom is -0.476 e. The lowest BCUT2D eigenvalue weighted by Crippen LogP contribution is -2.30. The predicted octanol–water partition coefficient (Wildman–Crippen LogP) is 3.87. The second kappa shape index (κ2) is 9.28. The predicted molar refractivity (Wildman–Crippen MR) is 123 cm³/mol. The SMILES string of the molecule is CC(C)NS(=O)(=O)c1ccc(-c2sc(-c3nnc(CC(C)(C)O)o3)nc2C(=O)O)c(Cl)c1Cl. The van der Waals surface area contributed by atoms with E-state index < -0.39 is 21.6 Å². The molecule has 0 saturated heterocycles. The fraction of sp³-hybridized carbons (Fsp3) is 0.368. The smallest absolute Gasteiger partial charge is 0.356 e. The van der Waals surface area contributed by atoms with Gasteiger partial charge in [0.2, 0.25) is 15.9 Å². The molecular formula is C19H20Cl2N4O6S2. The molecule has 33 heavy (non-hydrogen) atoms. The number of hydrogen-bond acceptors (Lipinski definition) is 9. The van der Waals surface area contributed by atoms with Gasteiger partial charge >= 0.3 is 5.97 Å². The van der Waals surface area contributed by atoms with Gasteiger partial charge < -0.3 is 14.6 Å². The lowest BCUT2D eigenvalue weighted by atomic mass is 10.1. The number of carboxylic acid groups (broad SMARTS) is 1. The van der Waals surface area contributed by atoms with E-state index >= 15 is 0 Å². The molecule has 0 atom stereocenters. The number of thiazole rings is 1. The maximum atomic E-state index is 12.5. The van der Waals surface area contributed by atoms with Crippen LogP contribution in [0.25, 0.3) is 21.3 Å². The van der Waals surface area contributed by atoms with Gasteiger partial charge in [-0.1, -0.05) is 29.3 Å². The van der Waals surface area contributed by atoms with Gasteiger partial charge in [0.1, 0.15) is 4.90 Å². The third-order valence-corrected chi connectivity index (χ3v) is 7.81. The van der Waals surface area contributed by atoms with Crippen LogP contribution in [0.5, 0.6) is 0 Å². The molecule has 3 rings (SSSR count). The van der Waals surface area contributed by atoms with Crippen LogP contribution in [0.1, 0.15) is 44.1 Å². The Morgan fingerprint density at radius 2 is 1.91 bits per heavy atom. The van der Waals surface area contributed by atoms with E-state index in [1.54, 1.807) is 27.7 Å². The van der Waals surface area contributed by atoms with Gasteiger partial charge in [-0.3, -0.25) is 0 Å². The largest absolute Gasteiger partial charge is 0.476 e. The van der Waals surface area contributed by atoms with Gasteiger partial charge in [-0.05, 0) is 33.8 Å². The van der Waals surface area contributed by atoms with E-state index in [0.717, 1.165) is 11.3 Å². The maximum absolute atomic E-state index is 12.5. The Morgan fingerprint density at radius 1 is 1.24 bits per heavy atom. The molecule has 3 aromatic rings. The second-order valence-corrected chi connectivity index (χ2v) is 11.4. The first-order valence-electron chi connectivity index (χ1n) is 9.49. The molecule has 0 saturated carbocycles. The fourth-order valence-electron chi connectivity index (χ4n) is 2.81. The zero-order valence-corrected chi connectivity index (χ0v) is 21.0. The molecule has 0 spiro atoms. The number of halogens is 2. The summed E-state index contributed by atoms with van der Waals surface area (Å²) in [4.78, 5) is 15.8. The Hall–Kier alpha value is -2.09. The summed E-state index contributed by atoms with van der Waals surface area (Å²) in [5.41, 5.74) is -1.24. The van der Waals surface area contributed by atoms with Gasteiger partial charge in [0.25, 0.3) is 5.89 Å². The molecule has 0 radical (unpaired) electrons. The number of aromatic nitrogens is 3. The van der Waals surface area contributed by atoms with Crippen molar-refractivity contribution in [2.75, 3.05) is 0 Å². The lowest BCUT2D eigenvalue weighted by molar-refractivity contribution is 0.0691. The first-order valence-corrected chi connectivity index (χ1v) is 12.5. The van der Waals surface area contributed by atoms with Gasteiger partial charge in [0, 0.05) is 11.6 Å². The summed E-state index contributed by atoms with van der Waals surface area (Å²) in [6.45, 7) is 6.47. The number of nitrogens with zero attached hydrogens (tertiary/aromatic N) is 3. The number of nitrogens with one attached hydrogen (secondary N) is 1. The molecule has 0 aliphatic rings. The van der Waals surface area contributed by atoms with Crippen molar-refractivity contribution in [3.63, 3.8) is 0 Å². The molecule has 178 valence electrons. The minimum absolute atomic E-state index is 0.0319. The third kappa shape index (κ3) is 5.70. The number of aliphatic hydroxyl groups is 1. The standard InChI is InChI=1S/C19H20Cl2N4O6S2/c1-8(2)25-33(29,30)10-6-5-9(12(20)13(10)21)15-14(18(26)27)22-17(32-15)16-24-23-11(31-16)7-19(3,4)28/h5-6,8,25,28H,7H2,1-4H3,(H,26,27). The van der Waals surface area contributed by atoms with Crippen LogP contribution in [-0.2, 0) is 16.4 Å². The number of carbonyl (C=O) groups is 1. The topological polar surface area (TPSA) is 156 Å². The van der Waals surface area contributed by atoms with Crippen LogP contribution >= 0.6 is 34.5 Å². The molecule has 0 bridgehead atoms. The monoisotopic (exact) mass is 534 g/mol. The van der Waals surface area contributed by atoms with Crippen LogP contribution in [0.3, 0.4) is 0 Å². The molecule has 10 nitrogen and oxygen atoms in total. The van der Waals surface area contributed by atoms with E-state index in [1.807, 2.05) is 0 Å². The van der Waals surface area contributed by atoms with E-state index in [1.165, 1.54) is 12.1 Å². The van der Waals surface area contributed by atoms with Gasteiger partial charge in [0.05, 0.1) is 26.9 Å². The fourth-order valence-corrected chi connectivity index (χ4v) is 5.99. The quantitative estimate of drug-likeness (QED) is 0.390. The zero-order chi connectivity index (χ0) is 24.7. The maximum Gasteiger partial charge on any atom is 0.356 e. The molecule has 2 aromatic heterocycles. The zero-order valence-electron chi connectivity index (χ0n) is 17.9. The summed E-state index contributed by atoms with van der Waals surface area (Å²) in [5.74, 6) is -1.22. The van der Waals surface area contributed by atoms with E-state index in [-0.39, 0.29) is 60.3 Å². The molecule has 1 aromatic carbocycles. The molecular weight excluding hydrogens is 515 g/mol. The van der Waals surface area contributed by atoms with Crippen LogP contribution in [0.15, 0.2) is 21.4 Å². The van der Waals surface area contributed by atoms with Crippen molar-refractivity contribution in [2.45, 2.75) is 50.7 Å². The highest BCUT2D eigenvalue weighted by Crippen LogP contribution is 2.43. The molecule has 0 aliphatic heterocycles. The van der Waals surface area contributed by atoms with Gasteiger partial charge in [-0.25, -0.2) is 22.9 Å².